The Morgan fingerprint density at radius 1 is 1.15 bits per heavy atom. The zero-order valence-electron chi connectivity index (χ0n) is 11.3. The Balaban J connectivity index is 2.11. The molecule has 0 aliphatic heterocycles. The minimum Gasteiger partial charge on any atom is -0.486 e. The first-order valence-corrected chi connectivity index (χ1v) is 6.35. The molecule has 0 N–H and O–H groups in total. The summed E-state index contributed by atoms with van der Waals surface area (Å²) < 4.78 is 5.39. The van der Waals surface area contributed by atoms with Gasteiger partial charge in [0, 0.05) is 0 Å². The highest BCUT2D eigenvalue weighted by Gasteiger charge is 2.01. The number of carbonyl (C=O) groups is 1. The summed E-state index contributed by atoms with van der Waals surface area (Å²) in [5, 5.41) is 0. The molecule has 3 nitrogen and oxygen atoms in total. The number of benzene rings is 2. The first-order valence-electron chi connectivity index (χ1n) is 6.35. The van der Waals surface area contributed by atoms with Crippen LogP contribution in [0.3, 0.4) is 0 Å². The van der Waals surface area contributed by atoms with Gasteiger partial charge >= 0.3 is 0 Å². The van der Waals surface area contributed by atoms with Crippen LogP contribution in [0.4, 0.5) is 5.69 Å². The lowest BCUT2D eigenvalue weighted by Crippen LogP contribution is -2.06. The highest BCUT2D eigenvalue weighted by molar-refractivity contribution is 5.77. The van der Waals surface area contributed by atoms with E-state index >= 15 is 0 Å². The summed E-state index contributed by atoms with van der Waals surface area (Å²) >= 11 is 0. The maximum Gasteiger partial charge on any atom is 0.187 e. The van der Waals surface area contributed by atoms with Crippen LogP contribution in [0.5, 0.6) is 5.75 Å². The number of hydrogen-bond acceptors (Lipinski definition) is 2. The van der Waals surface area contributed by atoms with E-state index in [1.165, 1.54) is 6.92 Å². The normalized spacial score (nSPS) is 9.80. The van der Waals surface area contributed by atoms with Crippen molar-refractivity contribution in [1.29, 1.82) is 0 Å². The summed E-state index contributed by atoms with van der Waals surface area (Å²) in [6, 6.07) is 15.2. The van der Waals surface area contributed by atoms with Crippen molar-refractivity contribution in [2.75, 3.05) is 6.61 Å². The molecule has 0 radical (unpaired) electrons. The molecular weight excluding hydrogens is 250 g/mol. The first kappa shape index (κ1) is 13.8. The molecule has 20 heavy (non-hydrogen) atoms. The Kier molecular flexibility index (Phi) is 4.52. The fraction of sp³-hybridized carbons (Fsp3) is 0.176. The van der Waals surface area contributed by atoms with Crippen LogP contribution in [0.25, 0.3) is 4.85 Å². The molecule has 0 aliphatic carbocycles. The predicted octanol–water partition coefficient (Wildman–Crippen LogP) is 3.80. The molecule has 0 unspecified atom stereocenters. The number of carbonyl (C=O) groups excluding carboxylic acids is 1. The second kappa shape index (κ2) is 6.53. The number of nitrogens with zero attached hydrogens (tertiary/aromatic N) is 1. The molecular formula is C17H15NO2. The molecule has 2 aromatic carbocycles. The second-order valence-corrected chi connectivity index (χ2v) is 4.60. The van der Waals surface area contributed by atoms with Crippen molar-refractivity contribution in [1.82, 2.24) is 0 Å². The zero-order chi connectivity index (χ0) is 14.4. The Morgan fingerprint density at radius 3 is 2.55 bits per heavy atom. The Hall–Kier alpha value is -2.60. The molecule has 2 rings (SSSR count). The minimum atomic E-state index is 0.000150. The summed E-state index contributed by atoms with van der Waals surface area (Å²) in [6.07, 6.45) is 0.737. The van der Waals surface area contributed by atoms with Crippen LogP contribution >= 0.6 is 0 Å². The lowest BCUT2D eigenvalue weighted by atomic mass is 10.0. The van der Waals surface area contributed by atoms with Crippen molar-refractivity contribution in [3.05, 3.63) is 71.1 Å². The average molecular weight is 265 g/mol. The quantitative estimate of drug-likeness (QED) is 0.770. The monoisotopic (exact) mass is 265 g/mol. The van der Waals surface area contributed by atoms with Crippen LogP contribution in [0.2, 0.25) is 0 Å². The van der Waals surface area contributed by atoms with Crippen molar-refractivity contribution >= 4 is 11.5 Å². The summed E-state index contributed by atoms with van der Waals surface area (Å²) in [4.78, 5) is 14.3. The maximum atomic E-state index is 10.9. The molecule has 100 valence electrons. The molecule has 0 bridgehead atoms. The highest BCUT2D eigenvalue weighted by Crippen LogP contribution is 2.19. The standard InChI is InChI=1S/C17H15NO2/c1-13(19)12-20-17-8-4-6-15(11-17)9-14-5-3-7-16(10-14)18-2/h3-8,10-11H,9,12H2,1H3. The third kappa shape index (κ3) is 3.96. The van der Waals surface area contributed by atoms with E-state index in [-0.39, 0.29) is 12.4 Å². The van der Waals surface area contributed by atoms with Crippen molar-refractivity contribution in [3.8, 4) is 5.75 Å². The molecule has 0 fully saturated rings. The van der Waals surface area contributed by atoms with E-state index in [0.717, 1.165) is 17.5 Å². The van der Waals surface area contributed by atoms with Crippen molar-refractivity contribution < 1.29 is 9.53 Å². The van der Waals surface area contributed by atoms with Crippen LogP contribution in [-0.4, -0.2) is 12.4 Å². The molecule has 3 heteroatoms. The lowest BCUT2D eigenvalue weighted by molar-refractivity contribution is -0.118. The van der Waals surface area contributed by atoms with Crippen LogP contribution in [0.15, 0.2) is 48.5 Å². The third-order valence-electron chi connectivity index (χ3n) is 2.79. The first-order chi connectivity index (χ1) is 9.67. The fourth-order valence-corrected chi connectivity index (χ4v) is 1.90. The molecule has 0 aliphatic rings. The van der Waals surface area contributed by atoms with E-state index in [0.29, 0.717) is 11.4 Å². The topological polar surface area (TPSA) is 30.7 Å². The van der Waals surface area contributed by atoms with Gasteiger partial charge in [-0.05, 0) is 31.0 Å². The van der Waals surface area contributed by atoms with Crippen LogP contribution in [-0.2, 0) is 11.2 Å². The highest BCUT2D eigenvalue weighted by atomic mass is 16.5. The second-order valence-electron chi connectivity index (χ2n) is 4.60. The Bertz CT molecular complexity index is 656. The molecule has 0 saturated heterocycles. The van der Waals surface area contributed by atoms with Crippen LogP contribution in [0, 0.1) is 6.57 Å². The fourth-order valence-electron chi connectivity index (χ4n) is 1.90. The van der Waals surface area contributed by atoms with E-state index in [2.05, 4.69) is 4.85 Å². The van der Waals surface area contributed by atoms with Gasteiger partial charge in [-0.2, -0.15) is 0 Å². The zero-order valence-corrected chi connectivity index (χ0v) is 11.3. The number of Topliss-reactive ketones (excluding diaryl/α,β-unsaturated/α-hetero) is 1. The van der Waals surface area contributed by atoms with Crippen LogP contribution in [0.1, 0.15) is 18.1 Å². The van der Waals surface area contributed by atoms with Gasteiger partial charge in [-0.25, -0.2) is 4.85 Å². The van der Waals surface area contributed by atoms with E-state index in [4.69, 9.17) is 11.3 Å². The summed E-state index contributed by atoms with van der Waals surface area (Å²) in [5.74, 6) is 0.694. The van der Waals surface area contributed by atoms with Crippen molar-refractivity contribution in [2.24, 2.45) is 0 Å². The number of ether oxygens (including phenoxy) is 1. The van der Waals surface area contributed by atoms with E-state index in [9.17, 15) is 4.79 Å². The van der Waals surface area contributed by atoms with Gasteiger partial charge in [0.05, 0.1) is 6.57 Å². The van der Waals surface area contributed by atoms with Crippen molar-refractivity contribution in [3.63, 3.8) is 0 Å². The van der Waals surface area contributed by atoms with Gasteiger partial charge in [0.25, 0.3) is 0 Å². The van der Waals surface area contributed by atoms with Gasteiger partial charge in [-0.3, -0.25) is 4.79 Å². The smallest absolute Gasteiger partial charge is 0.187 e. The van der Waals surface area contributed by atoms with Gasteiger partial charge in [0.1, 0.15) is 12.4 Å². The average Bonchev–Trinajstić information content (AvgIpc) is 2.46. The third-order valence-corrected chi connectivity index (χ3v) is 2.79. The summed E-state index contributed by atoms with van der Waals surface area (Å²) in [6.45, 7) is 8.62. The van der Waals surface area contributed by atoms with Gasteiger partial charge in [0.15, 0.2) is 11.5 Å². The molecule has 2 aromatic rings. The maximum absolute atomic E-state index is 10.9. The number of ketones is 1. The Labute approximate surface area is 118 Å². The van der Waals surface area contributed by atoms with Crippen LogP contribution < -0.4 is 4.74 Å². The molecule has 0 saturated carbocycles. The van der Waals surface area contributed by atoms with Gasteiger partial charge < -0.3 is 4.74 Å². The molecule has 0 heterocycles. The molecule has 0 spiro atoms. The summed E-state index contributed by atoms with van der Waals surface area (Å²) in [7, 11) is 0. The predicted molar refractivity (Wildman–Crippen MR) is 78.1 cm³/mol. The van der Waals surface area contributed by atoms with Crippen molar-refractivity contribution in [2.45, 2.75) is 13.3 Å². The van der Waals surface area contributed by atoms with Gasteiger partial charge in [-0.15, -0.1) is 0 Å². The summed E-state index contributed by atoms with van der Waals surface area (Å²) in [5.41, 5.74) is 2.82. The SMILES string of the molecule is [C-]#[N+]c1cccc(Cc2cccc(OCC(C)=O)c2)c1. The van der Waals surface area contributed by atoms with Gasteiger partial charge in [-0.1, -0.05) is 42.0 Å². The van der Waals surface area contributed by atoms with E-state index in [1.54, 1.807) is 6.07 Å². The Morgan fingerprint density at radius 2 is 1.85 bits per heavy atom. The molecule has 0 aromatic heterocycles. The number of rotatable bonds is 5. The van der Waals surface area contributed by atoms with E-state index in [1.807, 2.05) is 42.5 Å². The largest absolute Gasteiger partial charge is 0.486 e. The number of hydrogen-bond donors (Lipinski definition) is 0. The lowest BCUT2D eigenvalue weighted by Gasteiger charge is -2.07. The molecule has 0 atom stereocenters. The van der Waals surface area contributed by atoms with E-state index < -0.39 is 0 Å². The van der Waals surface area contributed by atoms with Gasteiger partial charge in [0.2, 0.25) is 0 Å². The molecule has 0 amide bonds. The minimum absolute atomic E-state index is 0.000150.